The zero-order valence-corrected chi connectivity index (χ0v) is 14.9. The highest BCUT2D eigenvalue weighted by atomic mass is 16.6. The molecule has 0 radical (unpaired) electrons. The molecule has 2 aromatic carbocycles. The maximum absolute atomic E-state index is 11.9. The van der Waals surface area contributed by atoms with E-state index in [4.69, 9.17) is 4.74 Å². The summed E-state index contributed by atoms with van der Waals surface area (Å²) < 4.78 is 5.22. The molecule has 1 atom stereocenters. The van der Waals surface area contributed by atoms with Crippen molar-refractivity contribution in [2.75, 3.05) is 5.32 Å². The minimum atomic E-state index is -1.02. The van der Waals surface area contributed by atoms with Crippen LogP contribution in [0, 0.1) is 10.1 Å². The molecule has 0 bridgehead atoms. The van der Waals surface area contributed by atoms with E-state index in [1.807, 2.05) is 24.3 Å². The van der Waals surface area contributed by atoms with Gasteiger partial charge in [-0.15, -0.1) is 0 Å². The van der Waals surface area contributed by atoms with Gasteiger partial charge >= 0.3 is 11.7 Å². The van der Waals surface area contributed by atoms with Crippen molar-refractivity contribution < 1.29 is 14.5 Å². The summed E-state index contributed by atoms with van der Waals surface area (Å²) >= 11 is 0. The number of carbonyl (C=O) groups is 1. The standard InChI is InChI=1S/C20H20N2O4/c1-20(2,3)13-8-10-14(11-9-13)21-12-17(22(24)25)18-15-6-4-5-7-16(15)19(23)26-18/h4-12,18,21H,1-3H3/b17-12+/t18-/m0/s1. The third kappa shape index (κ3) is 3.44. The minimum Gasteiger partial charge on any atom is -0.442 e. The Kier molecular flexibility index (Phi) is 4.50. The third-order valence-electron chi connectivity index (χ3n) is 4.31. The predicted molar refractivity (Wildman–Crippen MR) is 98.4 cm³/mol. The molecule has 1 N–H and O–H groups in total. The second-order valence-electron chi connectivity index (χ2n) is 7.17. The van der Waals surface area contributed by atoms with E-state index in [1.165, 1.54) is 11.8 Å². The van der Waals surface area contributed by atoms with Crippen LogP contribution in [0.3, 0.4) is 0 Å². The molecule has 3 rings (SSSR count). The van der Waals surface area contributed by atoms with Crippen molar-refractivity contribution in [3.8, 4) is 0 Å². The van der Waals surface area contributed by atoms with Crippen LogP contribution < -0.4 is 5.32 Å². The van der Waals surface area contributed by atoms with E-state index in [0.29, 0.717) is 11.1 Å². The fourth-order valence-electron chi connectivity index (χ4n) is 2.81. The van der Waals surface area contributed by atoms with Gasteiger partial charge in [0.25, 0.3) is 0 Å². The van der Waals surface area contributed by atoms with E-state index in [2.05, 4.69) is 26.1 Å². The number of rotatable bonds is 4. The van der Waals surface area contributed by atoms with E-state index >= 15 is 0 Å². The quantitative estimate of drug-likeness (QED) is 0.500. The molecular weight excluding hydrogens is 332 g/mol. The largest absolute Gasteiger partial charge is 0.442 e. The highest BCUT2D eigenvalue weighted by Crippen LogP contribution is 2.36. The van der Waals surface area contributed by atoms with Crippen LogP contribution in [0.25, 0.3) is 0 Å². The van der Waals surface area contributed by atoms with Crippen molar-refractivity contribution in [1.82, 2.24) is 0 Å². The van der Waals surface area contributed by atoms with Crippen molar-refractivity contribution >= 4 is 11.7 Å². The van der Waals surface area contributed by atoms with E-state index in [1.54, 1.807) is 24.3 Å². The van der Waals surface area contributed by atoms with Crippen LogP contribution in [0.2, 0.25) is 0 Å². The van der Waals surface area contributed by atoms with E-state index in [0.717, 1.165) is 5.69 Å². The van der Waals surface area contributed by atoms with Crippen molar-refractivity contribution in [1.29, 1.82) is 0 Å². The zero-order valence-electron chi connectivity index (χ0n) is 14.9. The average Bonchev–Trinajstić information content (AvgIpc) is 2.92. The summed E-state index contributed by atoms with van der Waals surface area (Å²) in [5, 5.41) is 14.4. The molecule has 0 saturated heterocycles. The molecular formula is C20H20N2O4. The first-order valence-corrected chi connectivity index (χ1v) is 8.29. The summed E-state index contributed by atoms with van der Waals surface area (Å²) in [6.45, 7) is 6.35. The fraction of sp³-hybridized carbons (Fsp3) is 0.250. The average molecular weight is 352 g/mol. The number of cyclic esters (lactones) is 1. The lowest BCUT2D eigenvalue weighted by Gasteiger charge is -2.19. The van der Waals surface area contributed by atoms with Gasteiger partial charge in [0.15, 0.2) is 0 Å². The number of hydrogen-bond acceptors (Lipinski definition) is 5. The summed E-state index contributed by atoms with van der Waals surface area (Å²) in [5.74, 6) is -0.548. The summed E-state index contributed by atoms with van der Waals surface area (Å²) in [4.78, 5) is 22.9. The molecule has 26 heavy (non-hydrogen) atoms. The topological polar surface area (TPSA) is 81.5 Å². The molecule has 0 aromatic heterocycles. The van der Waals surface area contributed by atoms with Gasteiger partial charge in [0, 0.05) is 11.3 Å². The smallest absolute Gasteiger partial charge is 0.339 e. The van der Waals surface area contributed by atoms with Crippen LogP contribution in [0.15, 0.2) is 60.4 Å². The van der Waals surface area contributed by atoms with Gasteiger partial charge in [0.1, 0.15) is 0 Å². The number of ether oxygens (including phenoxy) is 1. The Hall–Kier alpha value is -3.15. The highest BCUT2D eigenvalue weighted by molar-refractivity contribution is 5.94. The Morgan fingerprint density at radius 3 is 2.42 bits per heavy atom. The fourth-order valence-corrected chi connectivity index (χ4v) is 2.81. The van der Waals surface area contributed by atoms with Crippen molar-refractivity contribution in [3.05, 3.63) is 87.2 Å². The van der Waals surface area contributed by atoms with Gasteiger partial charge in [-0.25, -0.2) is 4.79 Å². The van der Waals surface area contributed by atoms with Gasteiger partial charge in [-0.05, 0) is 29.2 Å². The molecule has 134 valence electrons. The number of carbonyl (C=O) groups excluding carboxylic acids is 1. The second kappa shape index (κ2) is 6.63. The Labute approximate surface area is 151 Å². The lowest BCUT2D eigenvalue weighted by atomic mass is 9.87. The van der Waals surface area contributed by atoms with E-state index in [-0.39, 0.29) is 11.1 Å². The molecule has 0 amide bonds. The number of anilines is 1. The first-order chi connectivity index (χ1) is 12.3. The number of fused-ring (bicyclic) bond motifs is 1. The number of esters is 1. The van der Waals surface area contributed by atoms with Crippen LogP contribution in [0.5, 0.6) is 0 Å². The molecule has 1 aliphatic rings. The lowest BCUT2D eigenvalue weighted by molar-refractivity contribution is -0.436. The molecule has 0 unspecified atom stereocenters. The molecule has 0 saturated carbocycles. The van der Waals surface area contributed by atoms with Gasteiger partial charge in [-0.3, -0.25) is 10.1 Å². The molecule has 6 nitrogen and oxygen atoms in total. The van der Waals surface area contributed by atoms with Crippen LogP contribution in [-0.2, 0) is 10.2 Å². The van der Waals surface area contributed by atoms with E-state index < -0.39 is 17.0 Å². The molecule has 1 heterocycles. The summed E-state index contributed by atoms with van der Waals surface area (Å²) in [6, 6.07) is 14.4. The Morgan fingerprint density at radius 2 is 1.81 bits per heavy atom. The Morgan fingerprint density at radius 1 is 1.15 bits per heavy atom. The lowest BCUT2D eigenvalue weighted by Crippen LogP contribution is -2.12. The SMILES string of the molecule is CC(C)(C)c1ccc(N/C=C(\[C@H]2OC(=O)c3ccccc32)[N+](=O)[O-])cc1. The Bertz CT molecular complexity index is 879. The molecule has 2 aromatic rings. The summed E-state index contributed by atoms with van der Waals surface area (Å²) in [6.07, 6.45) is 0.265. The monoisotopic (exact) mass is 352 g/mol. The summed E-state index contributed by atoms with van der Waals surface area (Å²) in [5.41, 5.74) is 2.56. The first-order valence-electron chi connectivity index (χ1n) is 8.29. The van der Waals surface area contributed by atoms with Gasteiger partial charge in [0.05, 0.1) is 16.7 Å². The number of nitrogens with one attached hydrogen (secondary N) is 1. The first kappa shape index (κ1) is 17.7. The molecule has 0 fully saturated rings. The molecule has 6 heteroatoms. The molecule has 0 spiro atoms. The number of benzene rings is 2. The Balaban J connectivity index is 1.86. The number of hydrogen-bond donors (Lipinski definition) is 1. The maximum atomic E-state index is 11.9. The maximum Gasteiger partial charge on any atom is 0.339 e. The number of nitro groups is 1. The van der Waals surface area contributed by atoms with Gasteiger partial charge in [-0.2, -0.15) is 0 Å². The third-order valence-corrected chi connectivity index (χ3v) is 4.31. The van der Waals surface area contributed by atoms with Crippen LogP contribution >= 0.6 is 0 Å². The zero-order chi connectivity index (χ0) is 18.9. The van der Waals surface area contributed by atoms with Crippen molar-refractivity contribution in [2.24, 2.45) is 0 Å². The predicted octanol–water partition coefficient (Wildman–Crippen LogP) is 4.43. The normalized spacial score (nSPS) is 16.8. The van der Waals surface area contributed by atoms with Gasteiger partial charge < -0.3 is 10.1 Å². The minimum absolute atomic E-state index is 0.0299. The van der Waals surface area contributed by atoms with Crippen LogP contribution in [-0.4, -0.2) is 10.9 Å². The van der Waals surface area contributed by atoms with Crippen LogP contribution in [0.4, 0.5) is 5.69 Å². The van der Waals surface area contributed by atoms with Crippen molar-refractivity contribution in [2.45, 2.75) is 32.3 Å². The van der Waals surface area contributed by atoms with Gasteiger partial charge in [-0.1, -0.05) is 51.1 Å². The molecule has 1 aliphatic heterocycles. The van der Waals surface area contributed by atoms with Crippen LogP contribution in [0.1, 0.15) is 48.4 Å². The second-order valence-corrected chi connectivity index (χ2v) is 7.17. The summed E-state index contributed by atoms with van der Waals surface area (Å²) in [7, 11) is 0. The highest BCUT2D eigenvalue weighted by Gasteiger charge is 2.39. The van der Waals surface area contributed by atoms with E-state index in [9.17, 15) is 14.9 Å². The van der Waals surface area contributed by atoms with Crippen molar-refractivity contribution in [3.63, 3.8) is 0 Å². The molecule has 0 aliphatic carbocycles. The number of nitrogens with zero attached hydrogens (tertiary/aromatic N) is 1. The van der Waals surface area contributed by atoms with Gasteiger partial charge in [0.2, 0.25) is 6.10 Å².